The molecule has 0 unspecified atom stereocenters. The highest BCUT2D eigenvalue weighted by Gasteiger charge is 2.18. The molecule has 0 saturated heterocycles. The maximum absolute atomic E-state index is 10.8. The summed E-state index contributed by atoms with van der Waals surface area (Å²) in [6, 6.07) is 4.44. The van der Waals surface area contributed by atoms with Crippen LogP contribution in [0.5, 0.6) is 5.75 Å². The lowest BCUT2D eigenvalue weighted by Gasteiger charge is -2.14. The van der Waals surface area contributed by atoms with Crippen molar-refractivity contribution in [3.05, 3.63) is 48.9 Å². The van der Waals surface area contributed by atoms with Crippen molar-refractivity contribution >= 4 is 33.0 Å². The first-order valence-electron chi connectivity index (χ1n) is 6.29. The fraction of sp³-hybridized carbons (Fsp3) is 0.357. The Morgan fingerprint density at radius 2 is 2.14 bits per heavy atom. The van der Waals surface area contributed by atoms with Gasteiger partial charge in [0.15, 0.2) is 0 Å². The minimum absolute atomic E-state index is 0.000860. The van der Waals surface area contributed by atoms with E-state index in [9.17, 15) is 10.1 Å². The molecular weight excluding hydrogens is 356 g/mol. The average molecular weight is 371 g/mol. The van der Waals surface area contributed by atoms with Gasteiger partial charge in [-0.3, -0.25) is 10.1 Å². The monoisotopic (exact) mass is 370 g/mol. The summed E-state index contributed by atoms with van der Waals surface area (Å²) < 4.78 is 6.32. The summed E-state index contributed by atoms with van der Waals surface area (Å²) in [7, 11) is 0. The molecule has 0 saturated carbocycles. The lowest BCUT2D eigenvalue weighted by Crippen LogP contribution is -2.11. The van der Waals surface area contributed by atoms with Gasteiger partial charge >= 0.3 is 0 Å². The van der Waals surface area contributed by atoms with Crippen molar-refractivity contribution in [3.8, 4) is 5.75 Å². The molecule has 2 rings (SSSR count). The first kappa shape index (κ1) is 15.9. The molecule has 0 fully saturated rings. The maximum Gasteiger partial charge on any atom is 0.273 e. The molecule has 21 heavy (non-hydrogen) atoms. The van der Waals surface area contributed by atoms with E-state index in [1.807, 2.05) is 5.38 Å². The molecule has 0 atom stereocenters. The number of nitro groups is 1. The topological polar surface area (TPSA) is 65.3 Å². The molecule has 0 aliphatic heterocycles. The number of rotatable bonds is 4. The molecule has 5 nitrogen and oxygen atoms in total. The van der Waals surface area contributed by atoms with E-state index in [1.54, 1.807) is 6.07 Å². The molecule has 0 bridgehead atoms. The zero-order chi connectivity index (χ0) is 15.6. The summed E-state index contributed by atoms with van der Waals surface area (Å²) >= 11 is 4.85. The van der Waals surface area contributed by atoms with Crippen molar-refractivity contribution < 1.29 is 9.66 Å². The third-order valence-corrected chi connectivity index (χ3v) is 4.27. The van der Waals surface area contributed by atoms with Crippen LogP contribution in [-0.4, -0.2) is 9.91 Å². The van der Waals surface area contributed by atoms with Crippen molar-refractivity contribution in [3.63, 3.8) is 0 Å². The normalized spacial score (nSPS) is 11.4. The van der Waals surface area contributed by atoms with Crippen molar-refractivity contribution in [2.75, 3.05) is 0 Å². The Labute approximate surface area is 135 Å². The highest BCUT2D eigenvalue weighted by molar-refractivity contribution is 9.10. The largest absolute Gasteiger partial charge is 0.485 e. The molecule has 2 aromatic rings. The van der Waals surface area contributed by atoms with Gasteiger partial charge in [-0.05, 0) is 22.0 Å². The van der Waals surface area contributed by atoms with Crippen LogP contribution in [0.15, 0.2) is 28.1 Å². The molecule has 7 heteroatoms. The number of hydrogen-bond acceptors (Lipinski definition) is 5. The Bertz CT molecular complexity index is 664. The molecule has 0 N–H and O–H groups in total. The number of hydrogen-bond donors (Lipinski definition) is 0. The Kier molecular flexibility index (Phi) is 4.63. The SMILES string of the molecule is CC(C)(C)c1csc(COc2cc([N+](=O)[O-])ccc2Br)n1. The van der Waals surface area contributed by atoms with Gasteiger partial charge in [0.1, 0.15) is 17.4 Å². The van der Waals surface area contributed by atoms with E-state index in [2.05, 4.69) is 41.7 Å². The summed E-state index contributed by atoms with van der Waals surface area (Å²) in [6.07, 6.45) is 0. The van der Waals surface area contributed by atoms with Gasteiger partial charge < -0.3 is 4.74 Å². The van der Waals surface area contributed by atoms with Crippen molar-refractivity contribution in [1.29, 1.82) is 0 Å². The number of thiazole rings is 1. The number of non-ortho nitro benzene ring substituents is 1. The van der Waals surface area contributed by atoms with Crippen LogP contribution >= 0.6 is 27.3 Å². The third kappa shape index (κ3) is 4.01. The fourth-order valence-corrected chi connectivity index (χ4v) is 2.87. The lowest BCUT2D eigenvalue weighted by molar-refractivity contribution is -0.385. The zero-order valence-electron chi connectivity index (χ0n) is 11.9. The van der Waals surface area contributed by atoms with Crippen LogP contribution in [0, 0.1) is 10.1 Å². The van der Waals surface area contributed by atoms with Crippen molar-refractivity contribution in [1.82, 2.24) is 4.98 Å². The molecule has 112 valence electrons. The second-order valence-corrected chi connectivity index (χ2v) is 7.33. The average Bonchev–Trinajstić information content (AvgIpc) is 2.86. The van der Waals surface area contributed by atoms with E-state index in [4.69, 9.17) is 4.74 Å². The van der Waals surface area contributed by atoms with Gasteiger partial charge in [-0.2, -0.15) is 0 Å². The summed E-state index contributed by atoms with van der Waals surface area (Å²) in [5.74, 6) is 0.441. The molecule has 1 heterocycles. The standard InChI is InChI=1S/C14H15BrN2O3S/c1-14(2,3)12-8-21-13(16-12)7-20-11-6-9(17(18)19)4-5-10(11)15/h4-6,8H,7H2,1-3H3. The van der Waals surface area contributed by atoms with Crippen LogP contribution in [0.4, 0.5) is 5.69 Å². The van der Waals surface area contributed by atoms with Crippen LogP contribution in [0.3, 0.4) is 0 Å². The molecule has 0 amide bonds. The van der Waals surface area contributed by atoms with E-state index in [0.29, 0.717) is 16.8 Å². The molecule has 0 aliphatic rings. The van der Waals surface area contributed by atoms with E-state index in [0.717, 1.165) is 10.7 Å². The molecule has 0 spiro atoms. The molecule has 0 aliphatic carbocycles. The van der Waals surface area contributed by atoms with Crippen LogP contribution in [0.1, 0.15) is 31.5 Å². The van der Waals surface area contributed by atoms with Gasteiger partial charge in [0.05, 0.1) is 21.2 Å². The number of nitro benzene ring substituents is 1. The van der Waals surface area contributed by atoms with E-state index < -0.39 is 4.92 Å². The van der Waals surface area contributed by atoms with Gasteiger partial charge in [0, 0.05) is 16.9 Å². The second-order valence-electron chi connectivity index (χ2n) is 5.54. The fourth-order valence-electron chi connectivity index (χ4n) is 1.58. The number of halogens is 1. The summed E-state index contributed by atoms with van der Waals surface area (Å²) in [6.45, 7) is 6.60. The van der Waals surface area contributed by atoms with Crippen molar-refractivity contribution in [2.24, 2.45) is 0 Å². The molecule has 0 radical (unpaired) electrons. The predicted molar refractivity (Wildman–Crippen MR) is 85.9 cm³/mol. The Balaban J connectivity index is 2.11. The number of aromatic nitrogens is 1. The minimum atomic E-state index is -0.444. The summed E-state index contributed by atoms with van der Waals surface area (Å²) in [5.41, 5.74) is 1.02. The Morgan fingerprint density at radius 3 is 2.71 bits per heavy atom. The van der Waals surface area contributed by atoms with Gasteiger partial charge in [0.25, 0.3) is 5.69 Å². The zero-order valence-corrected chi connectivity index (χ0v) is 14.3. The smallest absolute Gasteiger partial charge is 0.273 e. The first-order chi connectivity index (χ1) is 9.77. The summed E-state index contributed by atoms with van der Waals surface area (Å²) in [4.78, 5) is 14.9. The van der Waals surface area contributed by atoms with Crippen LogP contribution in [-0.2, 0) is 12.0 Å². The van der Waals surface area contributed by atoms with Crippen molar-refractivity contribution in [2.45, 2.75) is 32.8 Å². The molecule has 1 aromatic heterocycles. The second kappa shape index (κ2) is 6.11. The molecular formula is C14H15BrN2O3S. The number of nitrogens with zero attached hydrogens (tertiary/aromatic N) is 2. The third-order valence-electron chi connectivity index (χ3n) is 2.80. The van der Waals surface area contributed by atoms with Gasteiger partial charge in [0.2, 0.25) is 0 Å². The van der Waals surface area contributed by atoms with Crippen LogP contribution in [0.25, 0.3) is 0 Å². The molecule has 1 aromatic carbocycles. The van der Waals surface area contributed by atoms with Gasteiger partial charge in [-0.1, -0.05) is 20.8 Å². The Hall–Kier alpha value is -1.47. The maximum atomic E-state index is 10.8. The van der Waals surface area contributed by atoms with Crippen LogP contribution < -0.4 is 4.74 Å². The van der Waals surface area contributed by atoms with E-state index in [-0.39, 0.29) is 11.1 Å². The highest BCUT2D eigenvalue weighted by atomic mass is 79.9. The quantitative estimate of drug-likeness (QED) is 0.578. The highest BCUT2D eigenvalue weighted by Crippen LogP contribution is 2.30. The Morgan fingerprint density at radius 1 is 1.43 bits per heavy atom. The van der Waals surface area contributed by atoms with Gasteiger partial charge in [-0.15, -0.1) is 11.3 Å². The van der Waals surface area contributed by atoms with Crippen LogP contribution in [0.2, 0.25) is 0 Å². The summed E-state index contributed by atoms with van der Waals surface area (Å²) in [5, 5.41) is 13.6. The lowest BCUT2D eigenvalue weighted by atomic mass is 9.93. The van der Waals surface area contributed by atoms with E-state index >= 15 is 0 Å². The minimum Gasteiger partial charge on any atom is -0.485 e. The van der Waals surface area contributed by atoms with E-state index in [1.165, 1.54) is 23.5 Å². The predicted octanol–water partition coefficient (Wildman–Crippen LogP) is 4.69. The number of ether oxygens (including phenoxy) is 1. The first-order valence-corrected chi connectivity index (χ1v) is 7.96. The number of benzene rings is 1. The van der Waals surface area contributed by atoms with Gasteiger partial charge in [-0.25, -0.2) is 4.98 Å².